The van der Waals surface area contributed by atoms with E-state index in [-0.39, 0.29) is 5.91 Å². The molecule has 0 bridgehead atoms. The molecule has 1 aliphatic rings. The first-order chi connectivity index (χ1) is 8.31. The summed E-state index contributed by atoms with van der Waals surface area (Å²) in [6, 6.07) is 2.11. The van der Waals surface area contributed by atoms with Crippen molar-refractivity contribution in [1.82, 2.24) is 10.3 Å². The maximum Gasteiger partial charge on any atom is 0.255 e. The summed E-state index contributed by atoms with van der Waals surface area (Å²) in [6.07, 6.45) is 5.55. The van der Waals surface area contributed by atoms with Gasteiger partial charge in [0.2, 0.25) is 0 Å². The molecule has 0 spiro atoms. The first kappa shape index (κ1) is 12.2. The Kier molecular flexibility index (Phi) is 4.25. The van der Waals surface area contributed by atoms with Crippen molar-refractivity contribution in [3.05, 3.63) is 24.0 Å². The molecule has 1 saturated heterocycles. The van der Waals surface area contributed by atoms with Crippen LogP contribution in [0.4, 0.5) is 5.69 Å². The fraction of sp³-hybridized carbons (Fsp3) is 0.500. The highest BCUT2D eigenvalue weighted by atomic mass is 32.2. The summed E-state index contributed by atoms with van der Waals surface area (Å²) in [7, 11) is 1.81. The van der Waals surface area contributed by atoms with Crippen molar-refractivity contribution < 1.29 is 4.79 Å². The first-order valence-electron chi connectivity index (χ1n) is 5.81. The molecule has 1 aliphatic heterocycles. The number of nitrogens with zero attached hydrogens (tertiary/aromatic N) is 1. The molecule has 1 unspecified atom stereocenters. The van der Waals surface area contributed by atoms with Crippen LogP contribution in [0.15, 0.2) is 18.5 Å². The standard InChI is InChI=1S/C12H17N3OS/c1-13-11-4-5-14-7-10(11)12(16)15-9-3-2-6-17-8-9/h4-5,7,9H,2-3,6,8H2,1H3,(H,13,14)(H,15,16). The fourth-order valence-electron chi connectivity index (χ4n) is 1.91. The molecular weight excluding hydrogens is 234 g/mol. The van der Waals surface area contributed by atoms with Gasteiger partial charge in [-0.15, -0.1) is 0 Å². The van der Waals surface area contributed by atoms with Gasteiger partial charge in [0, 0.05) is 36.9 Å². The maximum atomic E-state index is 12.1. The van der Waals surface area contributed by atoms with E-state index in [1.807, 2.05) is 24.9 Å². The van der Waals surface area contributed by atoms with Gasteiger partial charge in [-0.25, -0.2) is 0 Å². The zero-order valence-electron chi connectivity index (χ0n) is 9.90. The molecule has 5 heteroatoms. The number of hydrogen-bond acceptors (Lipinski definition) is 4. The second kappa shape index (κ2) is 5.91. The average Bonchev–Trinajstić information content (AvgIpc) is 2.40. The lowest BCUT2D eigenvalue weighted by Gasteiger charge is -2.22. The van der Waals surface area contributed by atoms with Crippen molar-refractivity contribution in [3.63, 3.8) is 0 Å². The highest BCUT2D eigenvalue weighted by molar-refractivity contribution is 7.99. The Morgan fingerprint density at radius 3 is 3.18 bits per heavy atom. The van der Waals surface area contributed by atoms with Crippen molar-refractivity contribution in [1.29, 1.82) is 0 Å². The number of nitrogens with one attached hydrogen (secondary N) is 2. The van der Waals surface area contributed by atoms with Gasteiger partial charge in [-0.1, -0.05) is 0 Å². The topological polar surface area (TPSA) is 54.0 Å². The molecular formula is C12H17N3OS. The number of aromatic nitrogens is 1. The molecule has 1 aromatic rings. The third-order valence-corrected chi connectivity index (χ3v) is 4.05. The van der Waals surface area contributed by atoms with Crippen molar-refractivity contribution in [3.8, 4) is 0 Å². The Morgan fingerprint density at radius 1 is 1.59 bits per heavy atom. The zero-order chi connectivity index (χ0) is 12.1. The summed E-state index contributed by atoms with van der Waals surface area (Å²) in [5.41, 5.74) is 1.44. The molecule has 92 valence electrons. The molecule has 2 N–H and O–H groups in total. The van der Waals surface area contributed by atoms with Crippen LogP contribution in [-0.4, -0.2) is 35.5 Å². The van der Waals surface area contributed by atoms with Crippen LogP contribution in [-0.2, 0) is 0 Å². The summed E-state index contributed by atoms with van der Waals surface area (Å²) >= 11 is 1.90. The van der Waals surface area contributed by atoms with Crippen LogP contribution in [0.1, 0.15) is 23.2 Å². The second-order valence-corrected chi connectivity index (χ2v) is 5.21. The minimum absolute atomic E-state index is 0.0325. The highest BCUT2D eigenvalue weighted by Gasteiger charge is 2.18. The largest absolute Gasteiger partial charge is 0.387 e. The number of thioether (sulfide) groups is 1. The molecule has 17 heavy (non-hydrogen) atoms. The number of hydrogen-bond donors (Lipinski definition) is 2. The second-order valence-electron chi connectivity index (χ2n) is 4.06. The Bertz CT molecular complexity index is 391. The predicted molar refractivity (Wildman–Crippen MR) is 71.6 cm³/mol. The van der Waals surface area contributed by atoms with Gasteiger partial charge >= 0.3 is 0 Å². The third-order valence-electron chi connectivity index (χ3n) is 2.83. The van der Waals surface area contributed by atoms with E-state index in [9.17, 15) is 4.79 Å². The van der Waals surface area contributed by atoms with Gasteiger partial charge in [0.25, 0.3) is 5.91 Å². The fourth-order valence-corrected chi connectivity index (χ4v) is 2.98. The van der Waals surface area contributed by atoms with E-state index in [2.05, 4.69) is 15.6 Å². The van der Waals surface area contributed by atoms with Crippen LogP contribution in [0.3, 0.4) is 0 Å². The Morgan fingerprint density at radius 2 is 2.47 bits per heavy atom. The van der Waals surface area contributed by atoms with Crippen LogP contribution < -0.4 is 10.6 Å². The van der Waals surface area contributed by atoms with Crippen molar-refractivity contribution in [2.45, 2.75) is 18.9 Å². The van der Waals surface area contributed by atoms with Gasteiger partial charge in [-0.05, 0) is 24.7 Å². The third kappa shape index (κ3) is 3.12. The molecule has 1 aromatic heterocycles. The molecule has 0 radical (unpaired) electrons. The van der Waals surface area contributed by atoms with E-state index in [1.54, 1.807) is 12.4 Å². The van der Waals surface area contributed by atoms with Crippen LogP contribution >= 0.6 is 11.8 Å². The number of pyridine rings is 1. The van der Waals surface area contributed by atoms with Crippen LogP contribution in [0.5, 0.6) is 0 Å². The van der Waals surface area contributed by atoms with Crippen LogP contribution in [0.2, 0.25) is 0 Å². The lowest BCUT2D eigenvalue weighted by molar-refractivity contribution is 0.0939. The van der Waals surface area contributed by atoms with Gasteiger partial charge < -0.3 is 10.6 Å². The van der Waals surface area contributed by atoms with E-state index >= 15 is 0 Å². The lowest BCUT2D eigenvalue weighted by Crippen LogP contribution is -2.38. The normalized spacial score (nSPS) is 19.7. The summed E-state index contributed by atoms with van der Waals surface area (Å²) in [4.78, 5) is 16.1. The van der Waals surface area contributed by atoms with Gasteiger partial charge in [-0.2, -0.15) is 11.8 Å². The SMILES string of the molecule is CNc1ccncc1C(=O)NC1CCCSC1. The first-order valence-corrected chi connectivity index (χ1v) is 6.97. The number of anilines is 1. The van der Waals surface area contributed by atoms with E-state index in [1.165, 1.54) is 12.2 Å². The number of amides is 1. The van der Waals surface area contributed by atoms with Crippen molar-refractivity contribution >= 4 is 23.4 Å². The summed E-state index contributed by atoms with van der Waals surface area (Å²) in [6.45, 7) is 0. The molecule has 1 atom stereocenters. The van der Waals surface area contributed by atoms with Crippen molar-refractivity contribution in [2.24, 2.45) is 0 Å². The van der Waals surface area contributed by atoms with E-state index in [0.29, 0.717) is 11.6 Å². The van der Waals surface area contributed by atoms with Gasteiger partial charge in [-0.3, -0.25) is 9.78 Å². The van der Waals surface area contributed by atoms with Crippen molar-refractivity contribution in [2.75, 3.05) is 23.9 Å². The van der Waals surface area contributed by atoms with Gasteiger partial charge in [0.05, 0.1) is 5.56 Å². The molecule has 0 aliphatic carbocycles. The summed E-state index contributed by atoms with van der Waals surface area (Å²) in [5.74, 6) is 2.19. The van der Waals surface area contributed by atoms with Gasteiger partial charge in [0.1, 0.15) is 0 Å². The Hall–Kier alpha value is -1.23. The molecule has 0 aromatic carbocycles. The highest BCUT2D eigenvalue weighted by Crippen LogP contribution is 2.18. The minimum atomic E-state index is -0.0325. The molecule has 2 heterocycles. The molecule has 1 amide bonds. The van der Waals surface area contributed by atoms with Crippen LogP contribution in [0.25, 0.3) is 0 Å². The van der Waals surface area contributed by atoms with E-state index in [0.717, 1.165) is 17.9 Å². The number of carbonyl (C=O) groups excluding carboxylic acids is 1. The Labute approximate surface area is 106 Å². The summed E-state index contributed by atoms with van der Waals surface area (Å²) < 4.78 is 0. The van der Waals surface area contributed by atoms with Gasteiger partial charge in [0.15, 0.2) is 0 Å². The maximum absolute atomic E-state index is 12.1. The predicted octanol–water partition coefficient (Wildman–Crippen LogP) is 1.75. The minimum Gasteiger partial charge on any atom is -0.387 e. The lowest BCUT2D eigenvalue weighted by atomic mass is 10.1. The Balaban J connectivity index is 2.03. The number of carbonyl (C=O) groups is 1. The average molecular weight is 251 g/mol. The molecule has 1 fully saturated rings. The number of rotatable bonds is 3. The summed E-state index contributed by atoms with van der Waals surface area (Å²) in [5, 5.41) is 6.08. The molecule has 4 nitrogen and oxygen atoms in total. The smallest absolute Gasteiger partial charge is 0.255 e. The quantitative estimate of drug-likeness (QED) is 0.859. The molecule has 2 rings (SSSR count). The van der Waals surface area contributed by atoms with E-state index < -0.39 is 0 Å². The van der Waals surface area contributed by atoms with E-state index in [4.69, 9.17) is 0 Å². The van der Waals surface area contributed by atoms with Crippen LogP contribution in [0, 0.1) is 0 Å². The monoisotopic (exact) mass is 251 g/mol. The zero-order valence-corrected chi connectivity index (χ0v) is 10.7. The molecule has 0 saturated carbocycles.